The van der Waals surface area contributed by atoms with E-state index in [1.807, 2.05) is 26.8 Å². The number of Topliss-reactive ketones (excluding diaryl/α,β-unsaturated/α-hetero) is 1. The van der Waals surface area contributed by atoms with Gasteiger partial charge < -0.3 is 29.0 Å². The quantitative estimate of drug-likeness (QED) is 0.737. The van der Waals surface area contributed by atoms with Crippen LogP contribution < -0.4 is 9.47 Å². The summed E-state index contributed by atoms with van der Waals surface area (Å²) in [6.45, 7) is 7.99. The number of hydrogen-bond donors (Lipinski definition) is 1. The van der Waals surface area contributed by atoms with Crippen molar-refractivity contribution in [2.24, 2.45) is 5.92 Å². The largest absolute Gasteiger partial charge is 0.496 e. The average molecular weight is 450 g/mol. The predicted octanol–water partition coefficient (Wildman–Crippen LogP) is 3.28. The van der Waals surface area contributed by atoms with Gasteiger partial charge in [-0.3, -0.25) is 4.79 Å². The molecule has 0 aliphatic carbocycles. The highest BCUT2D eigenvalue weighted by Gasteiger charge is 2.42. The molecule has 178 valence electrons. The topological polar surface area (TPSA) is 94.5 Å². The van der Waals surface area contributed by atoms with Gasteiger partial charge in [-0.25, -0.2) is 4.79 Å². The third kappa shape index (κ3) is 5.18. The van der Waals surface area contributed by atoms with Crippen LogP contribution in [-0.2, 0) is 20.7 Å². The van der Waals surface area contributed by atoms with Crippen molar-refractivity contribution in [1.29, 1.82) is 0 Å². The van der Waals surface area contributed by atoms with Crippen molar-refractivity contribution in [2.45, 2.75) is 70.9 Å². The summed E-state index contributed by atoms with van der Waals surface area (Å²) in [4.78, 5) is 26.3. The Morgan fingerprint density at radius 2 is 1.72 bits per heavy atom. The van der Waals surface area contributed by atoms with Crippen LogP contribution in [0.2, 0.25) is 0 Å². The van der Waals surface area contributed by atoms with Gasteiger partial charge in [-0.05, 0) is 58.6 Å². The summed E-state index contributed by atoms with van der Waals surface area (Å²) in [6, 6.07) is 3.60. The number of piperidine rings is 1. The highest BCUT2D eigenvalue weighted by atomic mass is 16.6. The number of likely N-dealkylation sites (tertiary alicyclic amines) is 1. The number of ketones is 1. The Labute approximate surface area is 189 Å². The Hall–Kier alpha value is -2.32. The second-order valence-corrected chi connectivity index (χ2v) is 9.52. The van der Waals surface area contributed by atoms with E-state index in [1.54, 1.807) is 25.2 Å². The first-order chi connectivity index (χ1) is 15.1. The standard InChI is InChI=1S/C24H35NO7/c1-14(26)19-13-16-17(29-5)7-8-18(30-6)20(16)22(31-19)21(27)15-9-11-25(12-10-15)23(28)32-24(2,3)4/h7-8,15,19,21-22,27H,9-13H2,1-6H3. The maximum absolute atomic E-state index is 12.4. The van der Waals surface area contributed by atoms with E-state index in [0.717, 1.165) is 11.1 Å². The van der Waals surface area contributed by atoms with Crippen LogP contribution in [0.25, 0.3) is 0 Å². The molecule has 8 nitrogen and oxygen atoms in total. The van der Waals surface area contributed by atoms with Gasteiger partial charge in [0, 0.05) is 30.6 Å². The second-order valence-electron chi connectivity index (χ2n) is 9.52. The zero-order valence-electron chi connectivity index (χ0n) is 19.8. The number of methoxy groups -OCH3 is 2. The summed E-state index contributed by atoms with van der Waals surface area (Å²) >= 11 is 0. The molecule has 1 fully saturated rings. The highest BCUT2D eigenvalue weighted by molar-refractivity contribution is 5.81. The number of amides is 1. The maximum atomic E-state index is 12.4. The van der Waals surface area contributed by atoms with Crippen molar-refractivity contribution in [3.05, 3.63) is 23.3 Å². The molecule has 2 aliphatic heterocycles. The molecule has 0 radical (unpaired) electrons. The van der Waals surface area contributed by atoms with Gasteiger partial charge in [0.15, 0.2) is 5.78 Å². The van der Waals surface area contributed by atoms with Gasteiger partial charge in [-0.15, -0.1) is 0 Å². The van der Waals surface area contributed by atoms with Gasteiger partial charge in [0.2, 0.25) is 0 Å². The summed E-state index contributed by atoms with van der Waals surface area (Å²) in [7, 11) is 3.15. The Balaban J connectivity index is 1.82. The highest BCUT2D eigenvalue weighted by Crippen LogP contribution is 2.45. The molecule has 0 bridgehead atoms. The predicted molar refractivity (Wildman–Crippen MR) is 118 cm³/mol. The molecule has 3 unspecified atom stereocenters. The van der Waals surface area contributed by atoms with Crippen LogP contribution in [0.15, 0.2) is 12.1 Å². The Bertz CT molecular complexity index is 839. The monoisotopic (exact) mass is 449 g/mol. The molecule has 2 heterocycles. The summed E-state index contributed by atoms with van der Waals surface area (Å²) in [5.74, 6) is 1.04. The number of carbonyl (C=O) groups is 2. The van der Waals surface area contributed by atoms with E-state index in [2.05, 4.69) is 0 Å². The number of ether oxygens (including phenoxy) is 4. The lowest BCUT2D eigenvalue weighted by atomic mass is 9.82. The summed E-state index contributed by atoms with van der Waals surface area (Å²) in [5, 5.41) is 11.4. The van der Waals surface area contributed by atoms with E-state index in [-0.39, 0.29) is 17.8 Å². The third-order valence-corrected chi connectivity index (χ3v) is 6.14. The van der Waals surface area contributed by atoms with Gasteiger partial charge in [0.05, 0.1) is 20.3 Å². The van der Waals surface area contributed by atoms with Crippen LogP contribution in [0.4, 0.5) is 4.79 Å². The zero-order valence-corrected chi connectivity index (χ0v) is 19.8. The average Bonchev–Trinajstić information content (AvgIpc) is 2.75. The van der Waals surface area contributed by atoms with Crippen molar-refractivity contribution in [1.82, 2.24) is 4.90 Å². The number of rotatable bonds is 5. The van der Waals surface area contributed by atoms with Crippen LogP contribution in [0.1, 0.15) is 57.8 Å². The molecule has 1 aromatic rings. The van der Waals surface area contributed by atoms with Gasteiger partial charge >= 0.3 is 6.09 Å². The minimum atomic E-state index is -0.863. The lowest BCUT2D eigenvalue weighted by Gasteiger charge is -2.40. The van der Waals surface area contributed by atoms with Crippen LogP contribution in [0, 0.1) is 5.92 Å². The van der Waals surface area contributed by atoms with Crippen molar-refractivity contribution in [2.75, 3.05) is 27.3 Å². The van der Waals surface area contributed by atoms with Gasteiger partial charge in [0.25, 0.3) is 0 Å². The van der Waals surface area contributed by atoms with Crippen LogP contribution in [0.3, 0.4) is 0 Å². The first kappa shape index (κ1) is 24.3. The molecule has 1 aromatic carbocycles. The number of carbonyl (C=O) groups excluding carboxylic acids is 2. The molecule has 2 aliphatic rings. The van der Waals surface area contributed by atoms with Crippen molar-refractivity contribution >= 4 is 11.9 Å². The van der Waals surface area contributed by atoms with Gasteiger partial charge in [-0.2, -0.15) is 0 Å². The van der Waals surface area contributed by atoms with Crippen molar-refractivity contribution in [3.63, 3.8) is 0 Å². The molecule has 1 saturated heterocycles. The van der Waals surface area contributed by atoms with E-state index in [4.69, 9.17) is 18.9 Å². The maximum Gasteiger partial charge on any atom is 0.410 e. The van der Waals surface area contributed by atoms with Crippen molar-refractivity contribution < 1.29 is 33.6 Å². The summed E-state index contributed by atoms with van der Waals surface area (Å²) in [5.41, 5.74) is 1.00. The molecule has 0 spiro atoms. The molecule has 3 rings (SSSR count). The lowest BCUT2D eigenvalue weighted by molar-refractivity contribution is -0.146. The molecule has 0 aromatic heterocycles. The molecule has 3 atom stereocenters. The zero-order chi connectivity index (χ0) is 23.6. The number of hydrogen-bond acceptors (Lipinski definition) is 7. The smallest absolute Gasteiger partial charge is 0.410 e. The van der Waals surface area contributed by atoms with E-state index in [9.17, 15) is 14.7 Å². The first-order valence-electron chi connectivity index (χ1n) is 11.1. The molecular weight excluding hydrogens is 414 g/mol. The minimum absolute atomic E-state index is 0.0996. The van der Waals surface area contributed by atoms with Crippen LogP contribution >= 0.6 is 0 Å². The Morgan fingerprint density at radius 1 is 1.12 bits per heavy atom. The van der Waals surface area contributed by atoms with Crippen LogP contribution in [0.5, 0.6) is 11.5 Å². The summed E-state index contributed by atoms with van der Waals surface area (Å²) < 4.78 is 22.7. The van der Waals surface area contributed by atoms with E-state index in [1.165, 1.54) is 6.92 Å². The Morgan fingerprint density at radius 3 is 2.25 bits per heavy atom. The lowest BCUT2D eigenvalue weighted by Crippen LogP contribution is -2.46. The molecule has 1 N–H and O–H groups in total. The molecule has 0 saturated carbocycles. The number of aliphatic hydroxyl groups excluding tert-OH is 1. The van der Waals surface area contributed by atoms with E-state index in [0.29, 0.717) is 43.9 Å². The first-order valence-corrected chi connectivity index (χ1v) is 11.1. The molecule has 8 heteroatoms. The number of aliphatic hydroxyl groups is 1. The number of benzene rings is 1. The molecular formula is C24H35NO7. The number of nitrogens with zero attached hydrogens (tertiary/aromatic N) is 1. The molecule has 1 amide bonds. The van der Waals surface area contributed by atoms with E-state index < -0.39 is 23.9 Å². The minimum Gasteiger partial charge on any atom is -0.496 e. The molecule has 32 heavy (non-hydrogen) atoms. The van der Waals surface area contributed by atoms with Gasteiger partial charge in [0.1, 0.15) is 29.3 Å². The fourth-order valence-electron chi connectivity index (χ4n) is 4.48. The Kier molecular flexibility index (Phi) is 7.35. The van der Waals surface area contributed by atoms with Crippen LogP contribution in [-0.4, -0.2) is 67.0 Å². The van der Waals surface area contributed by atoms with Gasteiger partial charge in [-0.1, -0.05) is 0 Å². The van der Waals surface area contributed by atoms with Crippen molar-refractivity contribution in [3.8, 4) is 11.5 Å². The SMILES string of the molecule is COc1ccc(OC)c2c1CC(C(C)=O)OC2C(O)C1CCN(C(=O)OC(C)(C)C)CC1. The van der Waals surface area contributed by atoms with E-state index >= 15 is 0 Å². The normalized spacial score (nSPS) is 22.7. The fraction of sp³-hybridized carbons (Fsp3) is 0.667. The number of fused-ring (bicyclic) bond motifs is 1. The third-order valence-electron chi connectivity index (χ3n) is 6.14. The summed E-state index contributed by atoms with van der Waals surface area (Å²) in [6.07, 6.45) is -1.02. The fourth-order valence-corrected chi connectivity index (χ4v) is 4.48. The second kappa shape index (κ2) is 9.67.